The molecule has 1 aliphatic heterocycles. The summed E-state index contributed by atoms with van der Waals surface area (Å²) in [7, 11) is 0. The van der Waals surface area contributed by atoms with Crippen LogP contribution in [0.15, 0.2) is 36.5 Å². The van der Waals surface area contributed by atoms with Crippen molar-refractivity contribution in [2.75, 3.05) is 6.79 Å². The molecule has 2 aromatic rings. The number of ketones is 1. The van der Waals surface area contributed by atoms with Crippen molar-refractivity contribution in [3.8, 4) is 11.5 Å². The Morgan fingerprint density at radius 1 is 1.00 bits per heavy atom. The van der Waals surface area contributed by atoms with Gasteiger partial charge in [0.05, 0.1) is 5.52 Å². The predicted octanol–water partition coefficient (Wildman–Crippen LogP) is 4.92. The minimum Gasteiger partial charge on any atom is -0.454 e. The van der Waals surface area contributed by atoms with Crippen molar-refractivity contribution < 1.29 is 14.3 Å². The van der Waals surface area contributed by atoms with E-state index in [0.29, 0.717) is 5.56 Å². The van der Waals surface area contributed by atoms with Gasteiger partial charge in [-0.25, -0.2) is 0 Å². The first-order valence-electron chi connectivity index (χ1n) is 10.1. The van der Waals surface area contributed by atoms with E-state index in [9.17, 15) is 4.79 Å². The van der Waals surface area contributed by atoms with Crippen LogP contribution in [-0.2, 0) is 0 Å². The van der Waals surface area contributed by atoms with Gasteiger partial charge in [0.1, 0.15) is 0 Å². The van der Waals surface area contributed by atoms with Gasteiger partial charge >= 0.3 is 0 Å². The van der Waals surface area contributed by atoms with Crippen LogP contribution in [0.5, 0.6) is 11.5 Å². The molecule has 4 bridgehead atoms. The van der Waals surface area contributed by atoms with Gasteiger partial charge in [0, 0.05) is 23.2 Å². The van der Waals surface area contributed by atoms with Gasteiger partial charge in [0.2, 0.25) is 6.79 Å². The second-order valence-electron chi connectivity index (χ2n) is 9.10. The van der Waals surface area contributed by atoms with Crippen molar-refractivity contribution in [1.29, 1.82) is 0 Å². The Labute approximate surface area is 158 Å². The van der Waals surface area contributed by atoms with E-state index in [4.69, 9.17) is 9.47 Å². The van der Waals surface area contributed by atoms with E-state index in [1.54, 1.807) is 6.20 Å². The van der Waals surface area contributed by atoms with Crippen LogP contribution in [-0.4, -0.2) is 17.6 Å². The van der Waals surface area contributed by atoms with Crippen molar-refractivity contribution in [3.05, 3.63) is 42.1 Å². The molecule has 0 N–H and O–H groups in total. The smallest absolute Gasteiger partial charge is 0.231 e. The predicted molar refractivity (Wildman–Crippen MR) is 102 cm³/mol. The molecule has 7 rings (SSSR count). The number of ether oxygens (including phenoxy) is 2. The second kappa shape index (κ2) is 5.57. The van der Waals surface area contributed by atoms with E-state index in [1.165, 1.54) is 38.5 Å². The number of aromatic nitrogens is 1. The van der Waals surface area contributed by atoms with E-state index < -0.39 is 0 Å². The first-order valence-corrected chi connectivity index (χ1v) is 10.1. The lowest BCUT2D eigenvalue weighted by Crippen LogP contribution is -2.45. The summed E-state index contributed by atoms with van der Waals surface area (Å²) in [5.41, 5.74) is 1.74. The average molecular weight is 361 g/mol. The van der Waals surface area contributed by atoms with Gasteiger partial charge in [0.15, 0.2) is 17.3 Å². The lowest BCUT2D eigenvalue weighted by Gasteiger charge is -2.55. The fraction of sp³-hybridized carbons (Fsp3) is 0.478. The zero-order valence-corrected chi connectivity index (χ0v) is 15.3. The number of benzene rings is 1. The minimum atomic E-state index is 0.0535. The number of nitrogens with zero attached hydrogens (tertiary/aromatic N) is 1. The molecule has 0 saturated heterocycles. The zero-order valence-electron chi connectivity index (χ0n) is 15.3. The number of fused-ring (bicyclic) bond motifs is 2. The first kappa shape index (κ1) is 15.7. The molecule has 0 amide bonds. The summed E-state index contributed by atoms with van der Waals surface area (Å²) in [5.74, 6) is 4.17. The topological polar surface area (TPSA) is 48.4 Å². The maximum absolute atomic E-state index is 12.8. The number of pyridine rings is 1. The maximum atomic E-state index is 12.8. The van der Waals surface area contributed by atoms with E-state index in [-0.39, 0.29) is 18.0 Å². The highest BCUT2D eigenvalue weighted by Crippen LogP contribution is 2.60. The lowest BCUT2D eigenvalue weighted by molar-refractivity contribution is -0.0238. The number of rotatable bonds is 3. The average Bonchev–Trinajstić information content (AvgIpc) is 3.10. The molecule has 1 aromatic carbocycles. The third-order valence-corrected chi connectivity index (χ3v) is 7.13. The van der Waals surface area contributed by atoms with Crippen molar-refractivity contribution in [1.82, 2.24) is 4.98 Å². The Kier molecular flexibility index (Phi) is 3.23. The van der Waals surface area contributed by atoms with Gasteiger partial charge in [0.25, 0.3) is 0 Å². The molecular formula is C23H23NO3. The standard InChI is InChI=1S/C23H23NO3/c25-20(1-2-23-9-14-3-15(10-23)5-16(4-14)11-23)18-6-17-7-21-22(27-13-26-21)8-19(17)24-12-18/h1-2,6-8,12,14-16H,3-5,9-11,13H2/b2-1+. The highest BCUT2D eigenvalue weighted by Gasteiger charge is 2.49. The summed E-state index contributed by atoms with van der Waals surface area (Å²) in [6.07, 6.45) is 13.9. The fourth-order valence-corrected chi connectivity index (χ4v) is 6.38. The molecule has 0 atom stereocenters. The molecule has 4 nitrogen and oxygen atoms in total. The van der Waals surface area contributed by atoms with Gasteiger partial charge in [-0.2, -0.15) is 0 Å². The molecule has 138 valence electrons. The quantitative estimate of drug-likeness (QED) is 0.575. The Hall–Kier alpha value is -2.36. The number of carbonyl (C=O) groups excluding carboxylic acids is 1. The van der Waals surface area contributed by atoms with Crippen LogP contribution in [0.25, 0.3) is 10.9 Å². The van der Waals surface area contributed by atoms with E-state index in [2.05, 4.69) is 11.1 Å². The zero-order chi connectivity index (χ0) is 18.0. The molecule has 4 aliphatic carbocycles. The number of hydrogen-bond acceptors (Lipinski definition) is 4. The molecule has 27 heavy (non-hydrogen) atoms. The first-order chi connectivity index (χ1) is 13.2. The summed E-state index contributed by atoms with van der Waals surface area (Å²) in [4.78, 5) is 17.3. The molecule has 1 aromatic heterocycles. The molecule has 4 heteroatoms. The molecule has 0 radical (unpaired) electrons. The Morgan fingerprint density at radius 3 is 2.37 bits per heavy atom. The van der Waals surface area contributed by atoms with Crippen LogP contribution in [0.2, 0.25) is 0 Å². The second-order valence-corrected chi connectivity index (χ2v) is 9.10. The van der Waals surface area contributed by atoms with Crippen LogP contribution in [0.1, 0.15) is 48.9 Å². The van der Waals surface area contributed by atoms with E-state index >= 15 is 0 Å². The van der Waals surface area contributed by atoms with Gasteiger partial charge in [-0.15, -0.1) is 0 Å². The van der Waals surface area contributed by atoms with E-state index in [1.807, 2.05) is 24.3 Å². The van der Waals surface area contributed by atoms with Crippen LogP contribution < -0.4 is 9.47 Å². The molecule has 4 saturated carbocycles. The summed E-state index contributed by atoms with van der Waals surface area (Å²) >= 11 is 0. The molecule has 2 heterocycles. The van der Waals surface area contributed by atoms with Crippen LogP contribution >= 0.6 is 0 Å². The summed E-state index contributed by atoms with van der Waals surface area (Å²) in [5, 5.41) is 0.910. The van der Waals surface area contributed by atoms with Crippen molar-refractivity contribution in [2.24, 2.45) is 23.2 Å². The summed E-state index contributed by atoms with van der Waals surface area (Å²) < 4.78 is 10.8. The van der Waals surface area contributed by atoms with Gasteiger partial charge in [-0.3, -0.25) is 9.78 Å². The molecule has 0 unspecified atom stereocenters. The normalized spacial score (nSPS) is 33.3. The SMILES string of the molecule is O=C(/C=C/C12CC3CC(CC(C3)C1)C2)c1cnc2cc3c(cc2c1)OCO3. The molecule has 0 spiro atoms. The maximum Gasteiger partial charge on any atom is 0.231 e. The molecule has 5 aliphatic rings. The van der Waals surface area contributed by atoms with Crippen LogP contribution in [0.4, 0.5) is 0 Å². The van der Waals surface area contributed by atoms with Crippen LogP contribution in [0, 0.1) is 23.2 Å². The van der Waals surface area contributed by atoms with Gasteiger partial charge < -0.3 is 9.47 Å². The third kappa shape index (κ3) is 2.57. The Morgan fingerprint density at radius 2 is 1.67 bits per heavy atom. The highest BCUT2D eigenvalue weighted by atomic mass is 16.7. The van der Waals surface area contributed by atoms with Crippen molar-refractivity contribution in [3.63, 3.8) is 0 Å². The third-order valence-electron chi connectivity index (χ3n) is 7.13. The van der Waals surface area contributed by atoms with Crippen LogP contribution in [0.3, 0.4) is 0 Å². The van der Waals surface area contributed by atoms with Crippen molar-refractivity contribution >= 4 is 16.7 Å². The van der Waals surface area contributed by atoms with E-state index in [0.717, 1.165) is 40.2 Å². The monoisotopic (exact) mass is 361 g/mol. The van der Waals surface area contributed by atoms with Crippen molar-refractivity contribution in [2.45, 2.75) is 38.5 Å². The fourth-order valence-electron chi connectivity index (χ4n) is 6.38. The Balaban J connectivity index is 1.28. The molecular weight excluding hydrogens is 338 g/mol. The lowest BCUT2D eigenvalue weighted by atomic mass is 9.49. The number of allylic oxidation sites excluding steroid dienone is 2. The molecule has 4 fully saturated rings. The largest absolute Gasteiger partial charge is 0.454 e. The Bertz CT molecular complexity index is 942. The van der Waals surface area contributed by atoms with Gasteiger partial charge in [-0.1, -0.05) is 6.08 Å². The van der Waals surface area contributed by atoms with Gasteiger partial charge in [-0.05, 0) is 79.9 Å². The summed E-state index contributed by atoms with van der Waals surface area (Å²) in [6.45, 7) is 0.241. The summed E-state index contributed by atoms with van der Waals surface area (Å²) in [6, 6.07) is 5.69. The number of carbonyl (C=O) groups is 1. The minimum absolute atomic E-state index is 0.0535. The highest BCUT2D eigenvalue weighted by molar-refractivity contribution is 6.06. The number of hydrogen-bond donors (Lipinski definition) is 0.